The number of halogens is 2. The molecule has 1 heterocycles. The average molecular weight is 340 g/mol. The van der Waals surface area contributed by atoms with Gasteiger partial charge in [-0.1, -0.05) is 36.7 Å². The summed E-state index contributed by atoms with van der Waals surface area (Å²) in [6.45, 7) is 8.99. The number of hydrogen-bond donors (Lipinski definition) is 0. The Morgan fingerprint density at radius 3 is 2.21 bits per heavy atom. The van der Waals surface area contributed by atoms with Crippen LogP contribution in [0.2, 0.25) is 0 Å². The molecule has 1 aromatic heterocycles. The fraction of sp³-hybridized carbons (Fsp3) is 0.636. The molecule has 2 atom stereocenters. The quantitative estimate of drug-likeness (QED) is 0.633. The molecule has 0 aliphatic rings. The summed E-state index contributed by atoms with van der Waals surface area (Å²) < 4.78 is 1.23. The Labute approximate surface area is 107 Å². The zero-order valence-electron chi connectivity index (χ0n) is 8.97. The van der Waals surface area contributed by atoms with Gasteiger partial charge in [0.15, 0.2) is 0 Å². The molecule has 0 radical (unpaired) electrons. The second-order valence-electron chi connectivity index (χ2n) is 4.06. The van der Waals surface area contributed by atoms with Crippen molar-refractivity contribution >= 4 is 43.2 Å². The van der Waals surface area contributed by atoms with E-state index in [1.807, 2.05) is 11.3 Å². The first-order valence-corrected chi connectivity index (χ1v) is 7.36. The summed E-state index contributed by atoms with van der Waals surface area (Å²) in [7, 11) is 0. The minimum absolute atomic E-state index is 0.484. The first-order valence-electron chi connectivity index (χ1n) is 4.83. The lowest BCUT2D eigenvalue weighted by atomic mass is 9.94. The summed E-state index contributed by atoms with van der Waals surface area (Å²) in [5.74, 6) is 1.38. The van der Waals surface area contributed by atoms with Gasteiger partial charge in [0.1, 0.15) is 0 Å². The van der Waals surface area contributed by atoms with Crippen LogP contribution in [-0.2, 0) is 0 Å². The Morgan fingerprint density at radius 1 is 1.29 bits per heavy atom. The maximum atomic E-state index is 3.79. The minimum Gasteiger partial charge on any atom is -0.143 e. The summed E-state index contributed by atoms with van der Waals surface area (Å²) in [6, 6.07) is 2.23. The number of hydrogen-bond acceptors (Lipinski definition) is 1. The topological polar surface area (TPSA) is 0 Å². The summed E-state index contributed by atoms with van der Waals surface area (Å²) in [5.41, 5.74) is 0. The van der Waals surface area contributed by atoms with E-state index < -0.39 is 0 Å². The van der Waals surface area contributed by atoms with Crippen molar-refractivity contribution in [1.82, 2.24) is 0 Å². The van der Waals surface area contributed by atoms with E-state index in [1.54, 1.807) is 0 Å². The normalized spacial score (nSPS) is 15.9. The third-order valence-corrected chi connectivity index (χ3v) is 6.51. The molecule has 0 bridgehead atoms. The fourth-order valence-electron chi connectivity index (χ4n) is 1.21. The molecular formula is C11H16Br2S. The Kier molecular flexibility index (Phi) is 4.66. The van der Waals surface area contributed by atoms with Gasteiger partial charge in [0.05, 0.1) is 4.83 Å². The van der Waals surface area contributed by atoms with Crippen LogP contribution in [0.4, 0.5) is 0 Å². The molecule has 0 nitrogen and oxygen atoms in total. The Balaban J connectivity index is 2.83. The average Bonchev–Trinajstić information content (AvgIpc) is 2.44. The van der Waals surface area contributed by atoms with Gasteiger partial charge >= 0.3 is 0 Å². The molecule has 1 rings (SSSR count). The van der Waals surface area contributed by atoms with Crippen LogP contribution in [0, 0.1) is 18.8 Å². The lowest BCUT2D eigenvalue weighted by molar-refractivity contribution is 0.417. The van der Waals surface area contributed by atoms with E-state index in [-0.39, 0.29) is 0 Å². The van der Waals surface area contributed by atoms with Gasteiger partial charge in [0.2, 0.25) is 0 Å². The number of rotatable bonds is 3. The van der Waals surface area contributed by atoms with E-state index in [0.717, 1.165) is 0 Å². The third-order valence-electron chi connectivity index (χ3n) is 2.66. The maximum absolute atomic E-state index is 3.79. The van der Waals surface area contributed by atoms with Crippen molar-refractivity contribution in [3.05, 3.63) is 20.3 Å². The minimum atomic E-state index is 0.484. The highest BCUT2D eigenvalue weighted by atomic mass is 79.9. The zero-order chi connectivity index (χ0) is 10.9. The molecule has 14 heavy (non-hydrogen) atoms. The van der Waals surface area contributed by atoms with Crippen molar-refractivity contribution in [2.45, 2.75) is 32.5 Å². The van der Waals surface area contributed by atoms with Crippen molar-refractivity contribution in [3.63, 3.8) is 0 Å². The molecule has 0 saturated carbocycles. The van der Waals surface area contributed by atoms with Crippen molar-refractivity contribution in [3.8, 4) is 0 Å². The molecule has 0 saturated heterocycles. The van der Waals surface area contributed by atoms with Gasteiger partial charge in [-0.15, -0.1) is 11.3 Å². The molecule has 0 aliphatic heterocycles. The molecule has 0 spiro atoms. The van der Waals surface area contributed by atoms with Crippen molar-refractivity contribution < 1.29 is 0 Å². The molecule has 2 unspecified atom stereocenters. The second kappa shape index (κ2) is 5.13. The SMILES string of the molecule is Cc1sc(C(Br)C(C)C(C)C)cc1Br. The Bertz CT molecular complexity index is 285. The highest BCUT2D eigenvalue weighted by Gasteiger charge is 2.21. The van der Waals surface area contributed by atoms with Crippen LogP contribution >= 0.6 is 43.2 Å². The van der Waals surface area contributed by atoms with Crippen LogP contribution in [0.3, 0.4) is 0 Å². The molecule has 0 fully saturated rings. The molecule has 80 valence electrons. The van der Waals surface area contributed by atoms with Gasteiger partial charge < -0.3 is 0 Å². The van der Waals surface area contributed by atoms with E-state index >= 15 is 0 Å². The monoisotopic (exact) mass is 338 g/mol. The molecular weight excluding hydrogens is 324 g/mol. The Morgan fingerprint density at radius 2 is 1.86 bits per heavy atom. The van der Waals surface area contributed by atoms with Crippen molar-refractivity contribution in [1.29, 1.82) is 0 Å². The summed E-state index contributed by atoms with van der Waals surface area (Å²) in [5, 5.41) is 0. The van der Waals surface area contributed by atoms with Crippen LogP contribution in [-0.4, -0.2) is 0 Å². The van der Waals surface area contributed by atoms with E-state index in [9.17, 15) is 0 Å². The summed E-state index contributed by atoms with van der Waals surface area (Å²) in [6.07, 6.45) is 0. The molecule has 3 heteroatoms. The zero-order valence-corrected chi connectivity index (χ0v) is 13.0. The predicted octanol–water partition coefficient (Wildman–Crippen LogP) is 5.55. The molecule has 1 aromatic rings. The highest BCUT2D eigenvalue weighted by molar-refractivity contribution is 9.10. The highest BCUT2D eigenvalue weighted by Crippen LogP contribution is 2.41. The van der Waals surface area contributed by atoms with E-state index in [2.05, 4.69) is 65.6 Å². The van der Waals surface area contributed by atoms with Crippen LogP contribution in [0.25, 0.3) is 0 Å². The first-order chi connectivity index (χ1) is 6.43. The van der Waals surface area contributed by atoms with Crippen molar-refractivity contribution in [2.24, 2.45) is 11.8 Å². The summed E-state index contributed by atoms with van der Waals surface area (Å²) >= 11 is 9.22. The molecule has 0 N–H and O–H groups in total. The van der Waals surface area contributed by atoms with Gasteiger partial charge in [-0.25, -0.2) is 0 Å². The number of alkyl halides is 1. The van der Waals surface area contributed by atoms with Gasteiger partial charge in [0, 0.05) is 14.2 Å². The number of aryl methyl sites for hydroxylation is 1. The van der Waals surface area contributed by atoms with Gasteiger partial charge in [-0.3, -0.25) is 0 Å². The lowest BCUT2D eigenvalue weighted by Crippen LogP contribution is -2.09. The molecule has 0 aliphatic carbocycles. The van der Waals surface area contributed by atoms with Gasteiger partial charge in [-0.05, 0) is 40.8 Å². The lowest BCUT2D eigenvalue weighted by Gasteiger charge is -2.20. The van der Waals surface area contributed by atoms with E-state index in [1.165, 1.54) is 14.2 Å². The van der Waals surface area contributed by atoms with Gasteiger partial charge in [-0.2, -0.15) is 0 Å². The maximum Gasteiger partial charge on any atom is 0.0517 e. The first kappa shape index (κ1) is 12.7. The largest absolute Gasteiger partial charge is 0.143 e. The van der Waals surface area contributed by atoms with Crippen LogP contribution < -0.4 is 0 Å². The van der Waals surface area contributed by atoms with Crippen LogP contribution in [0.5, 0.6) is 0 Å². The third kappa shape index (κ3) is 2.83. The summed E-state index contributed by atoms with van der Waals surface area (Å²) in [4.78, 5) is 3.27. The van der Waals surface area contributed by atoms with Crippen LogP contribution in [0.1, 0.15) is 35.4 Å². The standard InChI is InChI=1S/C11H16Br2S/c1-6(2)7(3)11(13)10-5-9(12)8(4)14-10/h5-7,11H,1-4H3. The smallest absolute Gasteiger partial charge is 0.0517 e. The van der Waals surface area contributed by atoms with Gasteiger partial charge in [0.25, 0.3) is 0 Å². The second-order valence-corrected chi connectivity index (χ2v) is 7.19. The predicted molar refractivity (Wildman–Crippen MR) is 72.4 cm³/mol. The Hall–Kier alpha value is 0.660. The van der Waals surface area contributed by atoms with Crippen molar-refractivity contribution in [2.75, 3.05) is 0 Å². The van der Waals surface area contributed by atoms with Crippen LogP contribution in [0.15, 0.2) is 10.5 Å². The fourth-order valence-corrected chi connectivity index (χ4v) is 3.89. The number of thiophene rings is 1. The molecule has 0 amide bonds. The molecule has 0 aromatic carbocycles. The van der Waals surface area contributed by atoms with E-state index in [4.69, 9.17) is 0 Å². The van der Waals surface area contributed by atoms with E-state index in [0.29, 0.717) is 16.7 Å².